The summed E-state index contributed by atoms with van der Waals surface area (Å²) in [7, 11) is 1.58. The van der Waals surface area contributed by atoms with Crippen molar-refractivity contribution in [2.45, 2.75) is 12.8 Å². The maximum Gasteiger partial charge on any atom is 0.254 e. The van der Waals surface area contributed by atoms with Gasteiger partial charge < -0.3 is 14.4 Å². The summed E-state index contributed by atoms with van der Waals surface area (Å²) in [4.78, 5) is 14.9. The summed E-state index contributed by atoms with van der Waals surface area (Å²) in [5.41, 5.74) is 1.41. The summed E-state index contributed by atoms with van der Waals surface area (Å²) in [5.74, 6) is 0.612. The molecule has 0 bridgehead atoms. The monoisotopic (exact) mass is 329 g/mol. The van der Waals surface area contributed by atoms with Crippen LogP contribution in [-0.2, 0) is 4.74 Å². The number of tetrazole rings is 1. The number of carbonyl (C=O) groups is 1. The molecule has 1 aliphatic heterocycles. The number of nitrogens with zero attached hydrogens (tertiary/aromatic N) is 5. The molecule has 4 rings (SSSR count). The van der Waals surface area contributed by atoms with Crippen molar-refractivity contribution >= 4 is 5.91 Å². The van der Waals surface area contributed by atoms with E-state index in [-0.39, 0.29) is 11.3 Å². The minimum Gasteiger partial charge on any atom is -0.494 e. The number of hydrogen-bond acceptors (Lipinski definition) is 6. The Bertz CT molecular complexity index is 742. The lowest BCUT2D eigenvalue weighted by Crippen LogP contribution is -2.36. The second kappa shape index (κ2) is 5.86. The van der Waals surface area contributed by atoms with Gasteiger partial charge in [0.15, 0.2) is 0 Å². The molecule has 1 saturated carbocycles. The van der Waals surface area contributed by atoms with Crippen LogP contribution in [0.5, 0.6) is 5.75 Å². The summed E-state index contributed by atoms with van der Waals surface area (Å²) in [6.45, 7) is 2.73. The Morgan fingerprint density at radius 3 is 2.96 bits per heavy atom. The van der Waals surface area contributed by atoms with Crippen molar-refractivity contribution in [3.05, 3.63) is 30.1 Å². The third kappa shape index (κ3) is 2.73. The van der Waals surface area contributed by atoms with Gasteiger partial charge in [-0.1, -0.05) is 0 Å². The van der Waals surface area contributed by atoms with E-state index in [0.717, 1.165) is 26.0 Å². The highest BCUT2D eigenvalue weighted by Gasteiger charge is 2.46. The maximum atomic E-state index is 13.0. The first-order valence-electron chi connectivity index (χ1n) is 7.99. The van der Waals surface area contributed by atoms with Crippen molar-refractivity contribution in [2.24, 2.45) is 5.41 Å². The first-order valence-corrected chi connectivity index (χ1v) is 7.99. The Labute approximate surface area is 139 Å². The molecule has 0 unspecified atom stereocenters. The quantitative estimate of drug-likeness (QED) is 0.833. The van der Waals surface area contributed by atoms with Crippen LogP contribution in [0.2, 0.25) is 0 Å². The number of ether oxygens (including phenoxy) is 2. The number of benzene rings is 1. The van der Waals surface area contributed by atoms with Crippen LogP contribution in [0.1, 0.15) is 23.2 Å². The van der Waals surface area contributed by atoms with E-state index in [1.165, 1.54) is 11.0 Å². The van der Waals surface area contributed by atoms with Crippen LogP contribution in [0.25, 0.3) is 5.69 Å². The molecule has 126 valence electrons. The van der Waals surface area contributed by atoms with Crippen molar-refractivity contribution in [3.63, 3.8) is 0 Å². The predicted octanol–water partition coefficient (Wildman–Crippen LogP) is 0.923. The lowest BCUT2D eigenvalue weighted by Gasteiger charge is -2.23. The van der Waals surface area contributed by atoms with Crippen LogP contribution in [-0.4, -0.2) is 64.4 Å². The van der Waals surface area contributed by atoms with Gasteiger partial charge in [0.25, 0.3) is 5.91 Å². The molecule has 0 atom stereocenters. The average molecular weight is 329 g/mol. The maximum absolute atomic E-state index is 13.0. The lowest BCUT2D eigenvalue weighted by atomic mass is 10.1. The zero-order chi connectivity index (χ0) is 16.6. The normalized spacial score (nSPS) is 19.1. The van der Waals surface area contributed by atoms with Crippen molar-refractivity contribution in [1.29, 1.82) is 0 Å². The number of carbonyl (C=O) groups excluding carboxylic acids is 1. The number of aromatic nitrogens is 4. The molecular formula is C16H19N5O3. The van der Waals surface area contributed by atoms with Crippen molar-refractivity contribution < 1.29 is 14.3 Å². The topological polar surface area (TPSA) is 82.4 Å². The van der Waals surface area contributed by atoms with E-state index in [1.54, 1.807) is 25.3 Å². The van der Waals surface area contributed by atoms with Gasteiger partial charge in [-0.2, -0.15) is 4.68 Å². The van der Waals surface area contributed by atoms with E-state index in [9.17, 15) is 4.79 Å². The van der Waals surface area contributed by atoms with E-state index in [2.05, 4.69) is 15.5 Å². The molecule has 1 saturated heterocycles. The van der Waals surface area contributed by atoms with Gasteiger partial charge in [0.1, 0.15) is 17.8 Å². The van der Waals surface area contributed by atoms with Gasteiger partial charge >= 0.3 is 0 Å². The summed E-state index contributed by atoms with van der Waals surface area (Å²) in [6, 6.07) is 5.31. The Morgan fingerprint density at radius 1 is 1.38 bits per heavy atom. The molecule has 8 nitrogen and oxygen atoms in total. The summed E-state index contributed by atoms with van der Waals surface area (Å²) in [5, 5.41) is 11.2. The standard InChI is InChI=1S/C16H19N5O3/c1-23-14-3-2-12(8-13(14)21-11-17-18-19-21)15(22)20-6-7-24-10-16(9-20)4-5-16/h2-3,8,11H,4-7,9-10H2,1H3. The fourth-order valence-corrected chi connectivity index (χ4v) is 3.10. The van der Waals surface area contributed by atoms with Gasteiger partial charge in [0.05, 0.1) is 20.3 Å². The summed E-state index contributed by atoms with van der Waals surface area (Å²) in [6.07, 6.45) is 3.75. The molecule has 2 aromatic rings. The van der Waals surface area contributed by atoms with Crippen molar-refractivity contribution in [1.82, 2.24) is 25.1 Å². The van der Waals surface area contributed by atoms with E-state index in [4.69, 9.17) is 9.47 Å². The smallest absolute Gasteiger partial charge is 0.254 e. The molecular weight excluding hydrogens is 310 g/mol. The van der Waals surface area contributed by atoms with Crippen LogP contribution in [0.4, 0.5) is 0 Å². The van der Waals surface area contributed by atoms with Crippen LogP contribution in [0, 0.1) is 5.41 Å². The molecule has 1 spiro atoms. The van der Waals surface area contributed by atoms with Crippen LogP contribution in [0.15, 0.2) is 24.5 Å². The summed E-state index contributed by atoms with van der Waals surface area (Å²) < 4.78 is 12.5. The minimum absolute atomic E-state index is 0.00347. The van der Waals surface area contributed by atoms with Crippen LogP contribution < -0.4 is 4.74 Å². The summed E-state index contributed by atoms with van der Waals surface area (Å²) >= 11 is 0. The van der Waals surface area contributed by atoms with Gasteiger partial charge in [0.2, 0.25) is 0 Å². The largest absolute Gasteiger partial charge is 0.494 e. The molecule has 0 N–H and O–H groups in total. The second-order valence-corrected chi connectivity index (χ2v) is 6.42. The molecule has 1 amide bonds. The molecule has 2 aliphatic rings. The highest BCUT2D eigenvalue weighted by Crippen LogP contribution is 2.47. The third-order valence-corrected chi connectivity index (χ3v) is 4.71. The van der Waals surface area contributed by atoms with E-state index in [0.29, 0.717) is 30.2 Å². The predicted molar refractivity (Wildman–Crippen MR) is 84.1 cm³/mol. The highest BCUT2D eigenvalue weighted by molar-refractivity contribution is 5.95. The number of methoxy groups -OCH3 is 1. The first kappa shape index (κ1) is 15.1. The van der Waals surface area contributed by atoms with E-state index >= 15 is 0 Å². The lowest BCUT2D eigenvalue weighted by molar-refractivity contribution is 0.0735. The van der Waals surface area contributed by atoms with Crippen molar-refractivity contribution in [3.8, 4) is 11.4 Å². The second-order valence-electron chi connectivity index (χ2n) is 6.42. The minimum atomic E-state index is 0.00347. The third-order valence-electron chi connectivity index (χ3n) is 4.71. The molecule has 2 heterocycles. The van der Waals surface area contributed by atoms with Gasteiger partial charge in [-0.3, -0.25) is 4.79 Å². The van der Waals surface area contributed by atoms with E-state index < -0.39 is 0 Å². The molecule has 0 radical (unpaired) electrons. The van der Waals surface area contributed by atoms with Gasteiger partial charge in [-0.05, 0) is 41.5 Å². The Hall–Kier alpha value is -2.48. The van der Waals surface area contributed by atoms with E-state index in [1.807, 2.05) is 4.90 Å². The SMILES string of the molecule is COc1ccc(C(=O)N2CCOCC3(CC3)C2)cc1-n1cnnn1. The Balaban J connectivity index is 1.63. The van der Waals surface area contributed by atoms with Gasteiger partial charge in [-0.15, -0.1) is 5.10 Å². The number of amides is 1. The average Bonchev–Trinajstić information content (AvgIpc) is 3.23. The van der Waals surface area contributed by atoms with Crippen LogP contribution >= 0.6 is 0 Å². The van der Waals surface area contributed by atoms with Gasteiger partial charge in [-0.25, -0.2) is 0 Å². The molecule has 1 aromatic carbocycles. The fraction of sp³-hybridized carbons (Fsp3) is 0.500. The zero-order valence-electron chi connectivity index (χ0n) is 13.5. The molecule has 1 aromatic heterocycles. The number of hydrogen-bond donors (Lipinski definition) is 0. The molecule has 8 heteroatoms. The fourth-order valence-electron chi connectivity index (χ4n) is 3.10. The number of rotatable bonds is 3. The Morgan fingerprint density at radius 2 is 2.25 bits per heavy atom. The molecule has 2 fully saturated rings. The Kier molecular flexibility index (Phi) is 3.68. The van der Waals surface area contributed by atoms with Gasteiger partial charge in [0, 0.05) is 24.1 Å². The zero-order valence-corrected chi connectivity index (χ0v) is 13.5. The highest BCUT2D eigenvalue weighted by atomic mass is 16.5. The molecule has 24 heavy (non-hydrogen) atoms. The van der Waals surface area contributed by atoms with Crippen molar-refractivity contribution in [2.75, 3.05) is 33.4 Å². The first-order chi connectivity index (χ1) is 11.7. The molecule has 1 aliphatic carbocycles. The van der Waals surface area contributed by atoms with Crippen LogP contribution in [0.3, 0.4) is 0 Å².